The van der Waals surface area contributed by atoms with Gasteiger partial charge in [0.05, 0.1) is 19.3 Å². The van der Waals surface area contributed by atoms with E-state index < -0.39 is 18.2 Å². The van der Waals surface area contributed by atoms with E-state index in [0.29, 0.717) is 6.54 Å². The normalized spacial score (nSPS) is 20.5. The Balaban J connectivity index is 2.16. The van der Waals surface area contributed by atoms with Crippen molar-refractivity contribution in [3.63, 3.8) is 0 Å². The molecule has 0 aliphatic carbocycles. The molecule has 1 saturated heterocycles. The highest BCUT2D eigenvalue weighted by Gasteiger charge is 2.38. The summed E-state index contributed by atoms with van der Waals surface area (Å²) in [5.74, 6) is 0.561. The molecule has 1 aromatic rings. The van der Waals surface area contributed by atoms with E-state index in [1.54, 1.807) is 24.2 Å². The van der Waals surface area contributed by atoms with Crippen molar-refractivity contribution in [1.29, 1.82) is 0 Å². The Hall–Kier alpha value is -2.09. The molecule has 122 valence electrons. The number of alkyl carbamates (subject to hydrolysis) is 1. The number of carbonyl (C=O) groups excluding carboxylic acids is 2. The topological polar surface area (TPSA) is 96.5 Å². The number of imidazole rings is 1. The molecule has 2 rings (SSSR count). The summed E-state index contributed by atoms with van der Waals surface area (Å²) < 4.78 is 9.82. The molecule has 0 spiro atoms. The zero-order valence-corrected chi connectivity index (χ0v) is 13.0. The van der Waals surface area contributed by atoms with Crippen molar-refractivity contribution >= 4 is 12.0 Å². The van der Waals surface area contributed by atoms with Crippen molar-refractivity contribution in [3.05, 3.63) is 18.2 Å². The molecule has 0 bridgehead atoms. The predicted octanol–water partition coefficient (Wildman–Crippen LogP) is 0.833. The zero-order valence-electron chi connectivity index (χ0n) is 13.0. The van der Waals surface area contributed by atoms with E-state index in [4.69, 9.17) is 4.74 Å². The standard InChI is InChI=1S/C14H22N4O4/c1-9(21-2)11(17-14(20)22-3)13(19)18-8-4-5-10(18)12-15-6-7-16-12/h6-7,9-11H,4-5,8H2,1-3H3,(H,15,16)(H,17,20)/t9-,10+,11+/m1/s1. The molecular weight excluding hydrogens is 288 g/mol. The smallest absolute Gasteiger partial charge is 0.407 e. The third-order valence-corrected chi connectivity index (χ3v) is 3.94. The molecular formula is C14H22N4O4. The van der Waals surface area contributed by atoms with Gasteiger partial charge in [-0.2, -0.15) is 0 Å². The van der Waals surface area contributed by atoms with E-state index in [1.165, 1.54) is 14.2 Å². The zero-order chi connectivity index (χ0) is 16.1. The maximum absolute atomic E-state index is 12.8. The quantitative estimate of drug-likeness (QED) is 0.840. The van der Waals surface area contributed by atoms with Gasteiger partial charge in [-0.3, -0.25) is 4.79 Å². The number of aromatic amines is 1. The van der Waals surface area contributed by atoms with Crippen LogP contribution < -0.4 is 5.32 Å². The van der Waals surface area contributed by atoms with Crippen LogP contribution >= 0.6 is 0 Å². The molecule has 1 aliphatic heterocycles. The van der Waals surface area contributed by atoms with Crippen LogP contribution in [0.3, 0.4) is 0 Å². The minimum absolute atomic E-state index is 0.103. The maximum Gasteiger partial charge on any atom is 0.407 e. The number of H-pyrrole nitrogens is 1. The van der Waals surface area contributed by atoms with Crippen molar-refractivity contribution < 1.29 is 19.1 Å². The highest BCUT2D eigenvalue weighted by Crippen LogP contribution is 2.30. The number of methoxy groups -OCH3 is 2. The van der Waals surface area contributed by atoms with Gasteiger partial charge in [0.1, 0.15) is 11.9 Å². The molecule has 22 heavy (non-hydrogen) atoms. The summed E-state index contributed by atoms with van der Waals surface area (Å²) in [5, 5.41) is 2.55. The number of carbonyl (C=O) groups is 2. The fourth-order valence-corrected chi connectivity index (χ4v) is 2.65. The molecule has 0 saturated carbocycles. The Labute approximate surface area is 129 Å². The van der Waals surface area contributed by atoms with Gasteiger partial charge in [0.2, 0.25) is 5.91 Å². The molecule has 1 aliphatic rings. The molecule has 8 nitrogen and oxygen atoms in total. The molecule has 0 unspecified atom stereocenters. The van der Waals surface area contributed by atoms with Crippen molar-refractivity contribution in [2.75, 3.05) is 20.8 Å². The number of likely N-dealkylation sites (tertiary alicyclic amines) is 1. The van der Waals surface area contributed by atoms with E-state index in [1.807, 2.05) is 0 Å². The second-order valence-electron chi connectivity index (χ2n) is 5.22. The van der Waals surface area contributed by atoms with Gasteiger partial charge in [-0.05, 0) is 19.8 Å². The maximum atomic E-state index is 12.8. The number of ether oxygens (including phenoxy) is 2. The van der Waals surface area contributed by atoms with E-state index >= 15 is 0 Å². The first kappa shape index (κ1) is 16.3. The van der Waals surface area contributed by atoms with Crippen LogP contribution in [-0.4, -0.2) is 59.8 Å². The highest BCUT2D eigenvalue weighted by atomic mass is 16.5. The summed E-state index contributed by atoms with van der Waals surface area (Å²) in [5.41, 5.74) is 0. The number of hydrogen-bond acceptors (Lipinski definition) is 5. The first-order valence-electron chi connectivity index (χ1n) is 7.25. The van der Waals surface area contributed by atoms with Crippen molar-refractivity contribution in [2.45, 2.75) is 38.0 Å². The van der Waals surface area contributed by atoms with Crippen LogP contribution in [0.1, 0.15) is 31.6 Å². The van der Waals surface area contributed by atoms with Gasteiger partial charge >= 0.3 is 6.09 Å². The van der Waals surface area contributed by atoms with Crippen LogP contribution in [0, 0.1) is 0 Å². The number of hydrogen-bond donors (Lipinski definition) is 2. The molecule has 0 radical (unpaired) electrons. The minimum atomic E-state index is -0.798. The Morgan fingerprint density at radius 2 is 2.27 bits per heavy atom. The molecule has 0 aromatic carbocycles. The number of amides is 2. The van der Waals surface area contributed by atoms with Crippen LogP contribution in [0.2, 0.25) is 0 Å². The van der Waals surface area contributed by atoms with Gasteiger partial charge in [0.15, 0.2) is 0 Å². The summed E-state index contributed by atoms with van der Waals surface area (Å²) in [7, 11) is 2.76. The average Bonchev–Trinajstić information content (AvgIpc) is 3.20. The summed E-state index contributed by atoms with van der Waals surface area (Å²) >= 11 is 0. The number of nitrogens with one attached hydrogen (secondary N) is 2. The lowest BCUT2D eigenvalue weighted by molar-refractivity contribution is -0.137. The molecule has 2 amide bonds. The van der Waals surface area contributed by atoms with Gasteiger partial charge in [-0.15, -0.1) is 0 Å². The average molecular weight is 310 g/mol. The van der Waals surface area contributed by atoms with Crippen LogP contribution in [0.4, 0.5) is 4.79 Å². The van der Waals surface area contributed by atoms with E-state index in [9.17, 15) is 9.59 Å². The minimum Gasteiger partial charge on any atom is -0.453 e. The Morgan fingerprint density at radius 3 is 2.86 bits per heavy atom. The molecule has 2 heterocycles. The first-order chi connectivity index (χ1) is 10.6. The lowest BCUT2D eigenvalue weighted by atomic mass is 10.1. The molecule has 1 fully saturated rings. The summed E-state index contributed by atoms with van der Waals surface area (Å²) in [6.07, 6.45) is 4.01. The van der Waals surface area contributed by atoms with Crippen LogP contribution in [0.5, 0.6) is 0 Å². The van der Waals surface area contributed by atoms with Crippen LogP contribution in [0.15, 0.2) is 12.4 Å². The summed E-state index contributed by atoms with van der Waals surface area (Å²) in [6, 6.07) is -0.901. The van der Waals surface area contributed by atoms with Crippen molar-refractivity contribution in [2.24, 2.45) is 0 Å². The van der Waals surface area contributed by atoms with Gasteiger partial charge < -0.3 is 24.7 Å². The van der Waals surface area contributed by atoms with Gasteiger partial charge in [-0.25, -0.2) is 9.78 Å². The predicted molar refractivity (Wildman–Crippen MR) is 78.1 cm³/mol. The van der Waals surface area contributed by atoms with Gasteiger partial charge in [0, 0.05) is 26.0 Å². The van der Waals surface area contributed by atoms with E-state index in [-0.39, 0.29) is 11.9 Å². The lowest BCUT2D eigenvalue weighted by Crippen LogP contribution is -2.54. The lowest BCUT2D eigenvalue weighted by Gasteiger charge is -2.30. The highest BCUT2D eigenvalue weighted by molar-refractivity contribution is 5.86. The monoisotopic (exact) mass is 310 g/mol. The molecule has 8 heteroatoms. The van der Waals surface area contributed by atoms with Gasteiger partial charge in [-0.1, -0.05) is 0 Å². The van der Waals surface area contributed by atoms with E-state index in [2.05, 4.69) is 20.0 Å². The fraction of sp³-hybridized carbons (Fsp3) is 0.643. The first-order valence-corrected chi connectivity index (χ1v) is 7.25. The molecule has 3 atom stereocenters. The largest absolute Gasteiger partial charge is 0.453 e. The molecule has 1 aromatic heterocycles. The summed E-state index contributed by atoms with van der Waals surface area (Å²) in [6.45, 7) is 2.36. The summed E-state index contributed by atoms with van der Waals surface area (Å²) in [4.78, 5) is 33.4. The second-order valence-corrected chi connectivity index (χ2v) is 5.22. The SMILES string of the molecule is COC(=O)N[C@H](C(=O)N1CCC[C@H]1c1ncc[nH]1)[C@@H](C)OC. The number of rotatable bonds is 5. The molecule has 2 N–H and O–H groups in total. The number of aromatic nitrogens is 2. The second kappa shape index (κ2) is 7.26. The Bertz CT molecular complexity index is 505. The fourth-order valence-electron chi connectivity index (χ4n) is 2.65. The van der Waals surface area contributed by atoms with Gasteiger partial charge in [0.25, 0.3) is 0 Å². The Kier molecular flexibility index (Phi) is 5.37. The third-order valence-electron chi connectivity index (χ3n) is 3.94. The number of nitrogens with zero attached hydrogens (tertiary/aromatic N) is 2. The van der Waals surface area contributed by atoms with Crippen LogP contribution in [0.25, 0.3) is 0 Å². The van der Waals surface area contributed by atoms with Crippen molar-refractivity contribution in [3.8, 4) is 0 Å². The Morgan fingerprint density at radius 1 is 1.50 bits per heavy atom. The van der Waals surface area contributed by atoms with E-state index in [0.717, 1.165) is 18.7 Å². The van der Waals surface area contributed by atoms with Crippen LogP contribution in [-0.2, 0) is 14.3 Å². The third kappa shape index (κ3) is 3.38. The van der Waals surface area contributed by atoms with Crippen molar-refractivity contribution in [1.82, 2.24) is 20.2 Å².